The van der Waals surface area contributed by atoms with E-state index in [-0.39, 0.29) is 0 Å². The van der Waals surface area contributed by atoms with Gasteiger partial charge in [-0.15, -0.1) is 0 Å². The second-order valence-corrected chi connectivity index (χ2v) is 6.15. The Kier molecular flexibility index (Phi) is 4.14. The summed E-state index contributed by atoms with van der Waals surface area (Å²) in [6.45, 7) is 0.867. The molecule has 2 aromatic heterocycles. The van der Waals surface area contributed by atoms with E-state index in [2.05, 4.69) is 39.6 Å². The highest BCUT2D eigenvalue weighted by Gasteiger charge is 2.13. The van der Waals surface area contributed by atoms with Crippen LogP contribution in [0.2, 0.25) is 4.34 Å². The third-order valence-electron chi connectivity index (χ3n) is 3.08. The van der Waals surface area contributed by atoms with Gasteiger partial charge in [0.25, 0.3) is 0 Å². The highest BCUT2D eigenvalue weighted by molar-refractivity contribution is 7.20. The summed E-state index contributed by atoms with van der Waals surface area (Å²) in [5, 5.41) is 4.20. The van der Waals surface area contributed by atoms with E-state index in [0.29, 0.717) is 10.3 Å². The first-order valence-electron chi connectivity index (χ1n) is 6.48. The lowest BCUT2D eigenvalue weighted by atomic mass is 10.0. The molecule has 2 heterocycles. The molecule has 20 heavy (non-hydrogen) atoms. The van der Waals surface area contributed by atoms with E-state index in [1.54, 1.807) is 6.20 Å². The van der Waals surface area contributed by atoms with Gasteiger partial charge in [-0.1, -0.05) is 53.3 Å². The zero-order chi connectivity index (χ0) is 13.8. The number of hydrogen-bond acceptors (Lipinski definition) is 4. The molecule has 3 nitrogen and oxygen atoms in total. The Morgan fingerprint density at radius 1 is 1.35 bits per heavy atom. The largest absolute Gasteiger partial charge is 0.361 e. The van der Waals surface area contributed by atoms with Crippen LogP contribution < -0.4 is 5.32 Å². The van der Waals surface area contributed by atoms with Gasteiger partial charge in [0.05, 0.1) is 5.69 Å². The Hall–Kier alpha value is -1.65. The molecule has 1 atom stereocenters. The molecule has 2 aromatic rings. The average molecular weight is 304 g/mol. The Labute approximate surface area is 127 Å². The number of hydrogen-bond donors (Lipinski definition) is 1. The second kappa shape index (κ2) is 6.20. The molecule has 102 valence electrons. The molecule has 0 aromatic carbocycles. The van der Waals surface area contributed by atoms with Crippen LogP contribution in [0.4, 0.5) is 5.13 Å². The van der Waals surface area contributed by atoms with E-state index in [1.807, 2.05) is 18.2 Å². The summed E-state index contributed by atoms with van der Waals surface area (Å²) >= 11 is 7.71. The number of aromatic nitrogens is 2. The molecule has 1 aliphatic rings. The van der Waals surface area contributed by atoms with Crippen LogP contribution >= 0.6 is 22.9 Å². The van der Waals surface area contributed by atoms with Crippen molar-refractivity contribution in [1.82, 2.24) is 9.97 Å². The fourth-order valence-electron chi connectivity index (χ4n) is 2.04. The van der Waals surface area contributed by atoms with Crippen molar-refractivity contribution in [1.29, 1.82) is 0 Å². The molecule has 0 saturated heterocycles. The summed E-state index contributed by atoms with van der Waals surface area (Å²) in [5.41, 5.74) is 1.56. The zero-order valence-corrected chi connectivity index (χ0v) is 12.4. The van der Waals surface area contributed by atoms with Crippen LogP contribution in [-0.2, 0) is 0 Å². The normalized spacial score (nSPS) is 17.4. The van der Waals surface area contributed by atoms with Crippen molar-refractivity contribution >= 4 is 28.1 Å². The van der Waals surface area contributed by atoms with Gasteiger partial charge in [-0.2, -0.15) is 0 Å². The first kappa shape index (κ1) is 13.3. The van der Waals surface area contributed by atoms with E-state index in [4.69, 9.17) is 11.6 Å². The molecule has 3 rings (SSSR count). The number of nitrogens with zero attached hydrogens (tertiary/aromatic N) is 2. The average Bonchev–Trinajstić information content (AvgIpc) is 2.88. The highest BCUT2D eigenvalue weighted by atomic mass is 35.5. The van der Waals surface area contributed by atoms with Crippen LogP contribution in [0.1, 0.15) is 6.42 Å². The van der Waals surface area contributed by atoms with E-state index in [0.717, 1.165) is 29.5 Å². The van der Waals surface area contributed by atoms with Crippen molar-refractivity contribution in [3.8, 4) is 11.4 Å². The predicted molar refractivity (Wildman–Crippen MR) is 85.2 cm³/mol. The lowest BCUT2D eigenvalue weighted by Crippen LogP contribution is -2.12. The maximum Gasteiger partial charge on any atom is 0.184 e. The maximum atomic E-state index is 6.25. The van der Waals surface area contributed by atoms with Crippen LogP contribution in [0.5, 0.6) is 0 Å². The number of halogens is 1. The smallest absolute Gasteiger partial charge is 0.184 e. The maximum absolute atomic E-state index is 6.25. The van der Waals surface area contributed by atoms with Gasteiger partial charge in [-0.3, -0.25) is 4.98 Å². The minimum Gasteiger partial charge on any atom is -0.361 e. The van der Waals surface area contributed by atoms with Crippen molar-refractivity contribution in [3.63, 3.8) is 0 Å². The van der Waals surface area contributed by atoms with Gasteiger partial charge in [-0.25, -0.2) is 4.98 Å². The second-order valence-electron chi connectivity index (χ2n) is 4.55. The molecule has 0 amide bonds. The summed E-state index contributed by atoms with van der Waals surface area (Å²) in [5.74, 6) is 0.515. The van der Waals surface area contributed by atoms with E-state index < -0.39 is 0 Å². The number of allylic oxidation sites excluding steroid dienone is 3. The summed E-state index contributed by atoms with van der Waals surface area (Å²) in [6, 6.07) is 5.73. The Morgan fingerprint density at radius 3 is 3.05 bits per heavy atom. The van der Waals surface area contributed by atoms with Gasteiger partial charge in [0.15, 0.2) is 5.13 Å². The number of nitrogens with one attached hydrogen (secondary N) is 1. The Bertz CT molecular complexity index is 634. The van der Waals surface area contributed by atoms with Crippen molar-refractivity contribution in [3.05, 3.63) is 53.0 Å². The fourth-order valence-corrected chi connectivity index (χ4v) is 3.11. The van der Waals surface area contributed by atoms with Gasteiger partial charge in [0, 0.05) is 12.7 Å². The van der Waals surface area contributed by atoms with Gasteiger partial charge in [-0.05, 0) is 24.5 Å². The number of thiazole rings is 1. The Balaban J connectivity index is 1.69. The van der Waals surface area contributed by atoms with Crippen molar-refractivity contribution in [2.45, 2.75) is 6.42 Å². The molecular formula is C15H14ClN3S. The lowest BCUT2D eigenvalue weighted by Gasteiger charge is -2.12. The predicted octanol–water partition coefficient (Wildman–Crippen LogP) is 4.40. The van der Waals surface area contributed by atoms with E-state index in [1.165, 1.54) is 11.3 Å². The first-order valence-corrected chi connectivity index (χ1v) is 7.67. The van der Waals surface area contributed by atoms with Crippen LogP contribution in [0.25, 0.3) is 11.4 Å². The molecule has 1 aliphatic carbocycles. The molecule has 0 saturated carbocycles. The standard InChI is InChI=1S/C15H14ClN3S/c16-14-13(12-8-4-5-9-17-12)19-15(20-14)18-10-11-6-2-1-3-7-11/h1-6,8-9,11H,7,10H2,(H,18,19). The third kappa shape index (κ3) is 3.08. The molecule has 5 heteroatoms. The monoisotopic (exact) mass is 303 g/mol. The SMILES string of the molecule is Clc1sc(NCC2C=CC=CC2)nc1-c1ccccn1. The minimum atomic E-state index is 0.515. The van der Waals surface area contributed by atoms with Gasteiger partial charge in [0.2, 0.25) is 0 Å². The van der Waals surface area contributed by atoms with Crippen LogP contribution in [0, 0.1) is 5.92 Å². The Morgan fingerprint density at radius 2 is 2.30 bits per heavy atom. The zero-order valence-electron chi connectivity index (χ0n) is 10.8. The molecule has 0 radical (unpaired) electrons. The van der Waals surface area contributed by atoms with E-state index in [9.17, 15) is 0 Å². The minimum absolute atomic E-state index is 0.515. The quantitative estimate of drug-likeness (QED) is 0.909. The molecule has 0 fully saturated rings. The van der Waals surface area contributed by atoms with Gasteiger partial charge in [0.1, 0.15) is 10.0 Å². The van der Waals surface area contributed by atoms with E-state index >= 15 is 0 Å². The molecule has 1 unspecified atom stereocenters. The molecule has 0 aliphatic heterocycles. The van der Waals surface area contributed by atoms with Gasteiger partial charge < -0.3 is 5.32 Å². The lowest BCUT2D eigenvalue weighted by molar-refractivity contribution is 0.692. The first-order chi connectivity index (χ1) is 9.83. The molecular weight excluding hydrogens is 290 g/mol. The topological polar surface area (TPSA) is 37.8 Å². The summed E-state index contributed by atoms with van der Waals surface area (Å²) in [6.07, 6.45) is 11.4. The molecule has 0 spiro atoms. The van der Waals surface area contributed by atoms with Crippen LogP contribution in [0.15, 0.2) is 48.7 Å². The van der Waals surface area contributed by atoms with Crippen LogP contribution in [0.3, 0.4) is 0 Å². The fraction of sp³-hybridized carbons (Fsp3) is 0.200. The van der Waals surface area contributed by atoms with Crippen molar-refractivity contribution < 1.29 is 0 Å². The third-order valence-corrected chi connectivity index (χ3v) is 4.29. The summed E-state index contributed by atoms with van der Waals surface area (Å²) in [4.78, 5) is 8.82. The molecule has 0 bridgehead atoms. The van der Waals surface area contributed by atoms with Gasteiger partial charge >= 0.3 is 0 Å². The summed E-state index contributed by atoms with van der Waals surface area (Å²) < 4.78 is 0.672. The highest BCUT2D eigenvalue weighted by Crippen LogP contribution is 2.34. The number of anilines is 1. The van der Waals surface area contributed by atoms with Crippen molar-refractivity contribution in [2.24, 2.45) is 5.92 Å². The number of pyridine rings is 1. The molecule has 1 N–H and O–H groups in total. The van der Waals surface area contributed by atoms with Crippen molar-refractivity contribution in [2.75, 3.05) is 11.9 Å². The van der Waals surface area contributed by atoms with Crippen LogP contribution in [-0.4, -0.2) is 16.5 Å². The number of rotatable bonds is 4. The summed E-state index contributed by atoms with van der Waals surface area (Å²) in [7, 11) is 0.